The van der Waals surface area contributed by atoms with Gasteiger partial charge in [0.15, 0.2) is 0 Å². The fourth-order valence-electron chi connectivity index (χ4n) is 0.881. The summed E-state index contributed by atoms with van der Waals surface area (Å²) in [6, 6.07) is 6.73. The largest absolute Gasteiger partial charge is 0.489 e. The zero-order chi connectivity index (χ0) is 9.26. The summed E-state index contributed by atoms with van der Waals surface area (Å²) in [5, 5.41) is 0. The lowest BCUT2D eigenvalue weighted by atomic mass is 10.3. The summed E-state index contributed by atoms with van der Waals surface area (Å²) in [7, 11) is 0. The third kappa shape index (κ3) is 2.45. The molecule has 0 spiro atoms. The molecule has 69 valence electrons. The smallest absolute Gasteiger partial charge is 0.142 e. The van der Waals surface area contributed by atoms with Crippen molar-refractivity contribution in [1.82, 2.24) is 0 Å². The van der Waals surface area contributed by atoms with Crippen molar-refractivity contribution >= 4 is 31.9 Å². The Morgan fingerprint density at radius 2 is 2.38 bits per heavy atom. The summed E-state index contributed by atoms with van der Waals surface area (Å²) < 4.78 is 12.4. The van der Waals surface area contributed by atoms with Crippen molar-refractivity contribution < 1.29 is 9.47 Å². The van der Waals surface area contributed by atoms with Crippen molar-refractivity contribution in [1.29, 1.82) is 0 Å². The second-order valence-corrected chi connectivity index (χ2v) is 4.38. The summed E-state index contributed by atoms with van der Waals surface area (Å²) in [4.78, 5) is 0. The van der Waals surface area contributed by atoms with Crippen molar-refractivity contribution in [2.45, 2.75) is 6.10 Å². The van der Waals surface area contributed by atoms with E-state index < -0.39 is 0 Å². The highest BCUT2D eigenvalue weighted by Crippen LogP contribution is 2.32. The summed E-state index contributed by atoms with van der Waals surface area (Å²) in [5.74, 6) is 0.727. The zero-order valence-electron chi connectivity index (χ0n) is 6.72. The maximum absolute atomic E-state index is 5.48. The Balaban J connectivity index is 2.05. The molecule has 1 atom stereocenters. The van der Waals surface area contributed by atoms with Crippen LogP contribution in [-0.2, 0) is 4.74 Å². The Morgan fingerprint density at radius 1 is 1.62 bits per heavy atom. The van der Waals surface area contributed by atoms with E-state index in [1.165, 1.54) is 0 Å². The van der Waals surface area contributed by atoms with Gasteiger partial charge in [0.25, 0.3) is 0 Å². The molecular weight excluding hydrogens is 300 g/mol. The molecule has 1 radical (unpaired) electrons. The number of hydrogen-bond acceptors (Lipinski definition) is 2. The maximum atomic E-state index is 5.48. The van der Waals surface area contributed by atoms with Crippen molar-refractivity contribution in [3.05, 3.63) is 27.1 Å². The lowest BCUT2D eigenvalue weighted by Gasteiger charge is -2.06. The second kappa shape index (κ2) is 3.98. The van der Waals surface area contributed by atoms with Gasteiger partial charge in [-0.3, -0.25) is 0 Å². The molecule has 4 heteroatoms. The van der Waals surface area contributed by atoms with Gasteiger partial charge in [-0.05, 0) is 44.0 Å². The Bertz CT molecular complexity index is 310. The maximum Gasteiger partial charge on any atom is 0.142 e. The highest BCUT2D eigenvalue weighted by Gasteiger charge is 2.23. The molecule has 0 bridgehead atoms. The van der Waals surface area contributed by atoms with E-state index in [0.717, 1.165) is 21.3 Å². The molecule has 0 aliphatic carbocycles. The normalized spacial score (nSPS) is 20.0. The van der Waals surface area contributed by atoms with Gasteiger partial charge in [-0.1, -0.05) is 0 Å². The molecule has 1 fully saturated rings. The van der Waals surface area contributed by atoms with Crippen molar-refractivity contribution in [3.63, 3.8) is 0 Å². The van der Waals surface area contributed by atoms with Gasteiger partial charge >= 0.3 is 0 Å². The quantitative estimate of drug-likeness (QED) is 0.801. The van der Waals surface area contributed by atoms with Gasteiger partial charge in [0, 0.05) is 10.5 Å². The highest BCUT2D eigenvalue weighted by atomic mass is 79.9. The molecule has 1 saturated heterocycles. The van der Waals surface area contributed by atoms with E-state index >= 15 is 0 Å². The Labute approximate surface area is 93.5 Å². The van der Waals surface area contributed by atoms with E-state index in [-0.39, 0.29) is 6.10 Å². The van der Waals surface area contributed by atoms with Crippen LogP contribution in [0.5, 0.6) is 5.75 Å². The minimum Gasteiger partial charge on any atom is -0.489 e. The fourth-order valence-corrected chi connectivity index (χ4v) is 1.55. The molecule has 0 amide bonds. The van der Waals surface area contributed by atoms with Crippen molar-refractivity contribution in [2.75, 3.05) is 13.2 Å². The third-order valence-corrected chi connectivity index (χ3v) is 3.65. The average molecular weight is 307 g/mol. The van der Waals surface area contributed by atoms with Crippen molar-refractivity contribution in [3.8, 4) is 5.75 Å². The van der Waals surface area contributed by atoms with Crippen molar-refractivity contribution in [2.24, 2.45) is 0 Å². The van der Waals surface area contributed by atoms with Gasteiger partial charge in [-0.2, -0.15) is 0 Å². The van der Waals surface area contributed by atoms with E-state index in [1.54, 1.807) is 0 Å². The van der Waals surface area contributed by atoms with Gasteiger partial charge in [0.1, 0.15) is 18.5 Å². The molecule has 1 aromatic carbocycles. The van der Waals surface area contributed by atoms with Crippen LogP contribution in [0.15, 0.2) is 21.1 Å². The monoisotopic (exact) mass is 305 g/mol. The van der Waals surface area contributed by atoms with Crippen LogP contribution >= 0.6 is 31.9 Å². The predicted molar refractivity (Wildman–Crippen MR) is 55.9 cm³/mol. The van der Waals surface area contributed by atoms with Crippen LogP contribution in [0.3, 0.4) is 0 Å². The fraction of sp³-hybridized carbons (Fsp3) is 0.333. The summed E-state index contributed by atoms with van der Waals surface area (Å²) in [6.07, 6.45) is 0.277. The van der Waals surface area contributed by atoms with E-state index in [4.69, 9.17) is 9.47 Å². The predicted octanol–water partition coefficient (Wildman–Crippen LogP) is 2.79. The third-order valence-electron chi connectivity index (χ3n) is 1.67. The molecule has 1 aliphatic rings. The molecule has 1 aromatic rings. The number of hydrogen-bond donors (Lipinski definition) is 0. The first-order valence-electron chi connectivity index (χ1n) is 3.87. The minimum atomic E-state index is 0.277. The second-order valence-electron chi connectivity index (χ2n) is 2.74. The van der Waals surface area contributed by atoms with Crippen LogP contribution in [0.1, 0.15) is 0 Å². The minimum absolute atomic E-state index is 0.277. The number of halogens is 2. The first kappa shape index (κ1) is 9.49. The first-order chi connectivity index (χ1) is 6.27. The number of benzene rings is 1. The Hall–Kier alpha value is -0.0600. The number of rotatable bonds is 3. The summed E-state index contributed by atoms with van der Waals surface area (Å²) >= 11 is 6.80. The number of ether oxygens (including phenoxy) is 2. The zero-order valence-corrected chi connectivity index (χ0v) is 9.89. The van der Waals surface area contributed by atoms with Crippen LogP contribution in [0.25, 0.3) is 0 Å². The summed E-state index contributed by atoms with van der Waals surface area (Å²) in [6.45, 7) is 1.41. The molecule has 2 rings (SSSR count). The molecule has 0 saturated carbocycles. The number of epoxide rings is 1. The standard InChI is InChI=1S/C9H7Br2O2/c10-7-2-1-3-8(9(7)11)13-5-6-4-12-6/h1-2,6H,4-5H2. The SMILES string of the molecule is Brc1cc[c]c(OCC2CO2)c1Br. The van der Waals surface area contributed by atoms with Gasteiger partial charge in [-0.15, -0.1) is 0 Å². The molecule has 1 unspecified atom stereocenters. The van der Waals surface area contributed by atoms with Gasteiger partial charge in [0.05, 0.1) is 11.1 Å². The first-order valence-corrected chi connectivity index (χ1v) is 5.46. The Morgan fingerprint density at radius 3 is 3.08 bits per heavy atom. The van der Waals surface area contributed by atoms with Crippen LogP contribution in [-0.4, -0.2) is 19.3 Å². The van der Waals surface area contributed by atoms with E-state index in [2.05, 4.69) is 37.9 Å². The van der Waals surface area contributed by atoms with E-state index in [1.807, 2.05) is 12.1 Å². The summed E-state index contributed by atoms with van der Waals surface area (Å²) in [5.41, 5.74) is 0. The van der Waals surface area contributed by atoms with E-state index in [9.17, 15) is 0 Å². The molecule has 1 aliphatic heterocycles. The molecule has 1 heterocycles. The van der Waals surface area contributed by atoms with Gasteiger partial charge in [-0.25, -0.2) is 0 Å². The molecular formula is C9H7Br2O2. The lowest BCUT2D eigenvalue weighted by molar-refractivity contribution is 0.261. The van der Waals surface area contributed by atoms with Crippen LogP contribution in [0.4, 0.5) is 0 Å². The Kier molecular flexibility index (Phi) is 2.91. The highest BCUT2D eigenvalue weighted by molar-refractivity contribution is 9.13. The van der Waals surface area contributed by atoms with Gasteiger partial charge < -0.3 is 9.47 Å². The molecule has 2 nitrogen and oxygen atoms in total. The average Bonchev–Trinajstić information content (AvgIpc) is 2.91. The molecule has 0 N–H and O–H groups in total. The molecule has 13 heavy (non-hydrogen) atoms. The van der Waals surface area contributed by atoms with E-state index in [0.29, 0.717) is 6.61 Å². The van der Waals surface area contributed by atoms with Gasteiger partial charge in [0.2, 0.25) is 0 Å². The topological polar surface area (TPSA) is 21.8 Å². The van der Waals surface area contributed by atoms with Crippen LogP contribution in [0.2, 0.25) is 0 Å². The van der Waals surface area contributed by atoms with Crippen LogP contribution in [0, 0.1) is 6.07 Å². The lowest BCUT2D eigenvalue weighted by Crippen LogP contribution is -2.04. The molecule has 0 aromatic heterocycles. The van der Waals surface area contributed by atoms with Crippen LogP contribution < -0.4 is 4.74 Å².